The number of aryl methyl sites for hydroxylation is 1. The van der Waals surface area contributed by atoms with E-state index in [0.717, 1.165) is 16.9 Å². The van der Waals surface area contributed by atoms with Gasteiger partial charge in [0.05, 0.1) is 28.9 Å². The van der Waals surface area contributed by atoms with Crippen molar-refractivity contribution in [3.8, 4) is 5.69 Å². The van der Waals surface area contributed by atoms with Gasteiger partial charge in [-0.1, -0.05) is 17.7 Å². The summed E-state index contributed by atoms with van der Waals surface area (Å²) in [5.74, 6) is 0.184. The van der Waals surface area contributed by atoms with Crippen molar-refractivity contribution in [2.24, 2.45) is 0 Å². The Labute approximate surface area is 122 Å². The molecule has 0 spiro atoms. The third-order valence-electron chi connectivity index (χ3n) is 2.63. The minimum absolute atomic E-state index is 0.184. The first-order valence-electron chi connectivity index (χ1n) is 5.90. The Balaban J connectivity index is 2.31. The fourth-order valence-electron chi connectivity index (χ4n) is 1.71. The number of anilines is 1. The van der Waals surface area contributed by atoms with Gasteiger partial charge in [0.1, 0.15) is 5.69 Å². The maximum Gasteiger partial charge on any atom is 0.106 e. The number of aliphatic hydroxyl groups is 1. The number of nitrogens with one attached hydrogen (secondary N) is 1. The highest BCUT2D eigenvalue weighted by Crippen LogP contribution is 2.28. The van der Waals surface area contributed by atoms with Crippen LogP contribution in [-0.4, -0.2) is 33.4 Å². The van der Waals surface area contributed by atoms with Gasteiger partial charge in [0.15, 0.2) is 0 Å². The molecule has 2 rings (SSSR count). The molecule has 1 heterocycles. The van der Waals surface area contributed by atoms with Gasteiger partial charge in [0.25, 0.3) is 0 Å². The van der Waals surface area contributed by atoms with Crippen molar-refractivity contribution in [1.29, 1.82) is 0 Å². The molecule has 0 aliphatic rings. The van der Waals surface area contributed by atoms with E-state index in [-0.39, 0.29) is 5.88 Å². The second kappa shape index (κ2) is 6.28. The maximum absolute atomic E-state index is 9.50. The smallest absolute Gasteiger partial charge is 0.106 e. The molecular formula is C13H15Cl2N3O. The van der Waals surface area contributed by atoms with Crippen LogP contribution in [0.15, 0.2) is 30.6 Å². The topological polar surface area (TPSA) is 50.1 Å². The van der Waals surface area contributed by atoms with Gasteiger partial charge in [0, 0.05) is 12.7 Å². The van der Waals surface area contributed by atoms with E-state index in [1.54, 1.807) is 16.9 Å². The van der Waals surface area contributed by atoms with E-state index < -0.39 is 6.10 Å². The SMILES string of the molecule is Cc1cnn(-c2c(Cl)cccc2NCC(O)CCl)c1. The molecule has 102 valence electrons. The Hall–Kier alpha value is -1.23. The van der Waals surface area contributed by atoms with Gasteiger partial charge in [-0.05, 0) is 24.6 Å². The van der Waals surface area contributed by atoms with Gasteiger partial charge in [-0.15, -0.1) is 11.6 Å². The minimum Gasteiger partial charge on any atom is -0.390 e. The quantitative estimate of drug-likeness (QED) is 0.835. The van der Waals surface area contributed by atoms with Crippen LogP contribution in [0.1, 0.15) is 5.56 Å². The molecule has 0 fully saturated rings. The summed E-state index contributed by atoms with van der Waals surface area (Å²) in [4.78, 5) is 0. The first-order chi connectivity index (χ1) is 9.11. The summed E-state index contributed by atoms with van der Waals surface area (Å²) in [6, 6.07) is 5.54. The van der Waals surface area contributed by atoms with E-state index in [4.69, 9.17) is 23.2 Å². The largest absolute Gasteiger partial charge is 0.390 e. The van der Waals surface area contributed by atoms with Crippen molar-refractivity contribution >= 4 is 28.9 Å². The second-order valence-electron chi connectivity index (χ2n) is 4.29. The highest BCUT2D eigenvalue weighted by molar-refractivity contribution is 6.33. The van der Waals surface area contributed by atoms with E-state index in [0.29, 0.717) is 11.6 Å². The Morgan fingerprint density at radius 2 is 2.26 bits per heavy atom. The molecule has 1 aromatic heterocycles. The molecule has 0 aliphatic carbocycles. The zero-order chi connectivity index (χ0) is 13.8. The van der Waals surface area contributed by atoms with Crippen LogP contribution < -0.4 is 5.32 Å². The Kier molecular flexibility index (Phi) is 4.69. The first-order valence-corrected chi connectivity index (χ1v) is 6.81. The van der Waals surface area contributed by atoms with Gasteiger partial charge in [-0.25, -0.2) is 4.68 Å². The number of hydrogen-bond donors (Lipinski definition) is 2. The van der Waals surface area contributed by atoms with Crippen molar-refractivity contribution in [1.82, 2.24) is 9.78 Å². The van der Waals surface area contributed by atoms with Crippen LogP contribution in [-0.2, 0) is 0 Å². The normalized spacial score (nSPS) is 12.4. The summed E-state index contributed by atoms with van der Waals surface area (Å²) < 4.78 is 1.72. The lowest BCUT2D eigenvalue weighted by atomic mass is 10.2. The van der Waals surface area contributed by atoms with Crippen LogP contribution in [0.2, 0.25) is 5.02 Å². The number of benzene rings is 1. The summed E-state index contributed by atoms with van der Waals surface area (Å²) >= 11 is 11.8. The average Bonchev–Trinajstić information content (AvgIpc) is 2.82. The highest BCUT2D eigenvalue weighted by Gasteiger charge is 2.11. The molecule has 0 saturated carbocycles. The molecule has 0 amide bonds. The molecule has 1 aromatic carbocycles. The van der Waals surface area contributed by atoms with Crippen molar-refractivity contribution in [3.63, 3.8) is 0 Å². The molecule has 6 heteroatoms. The number of halogens is 2. The van der Waals surface area contributed by atoms with E-state index in [1.807, 2.05) is 25.3 Å². The van der Waals surface area contributed by atoms with Gasteiger partial charge in [0.2, 0.25) is 0 Å². The number of alkyl halides is 1. The van der Waals surface area contributed by atoms with Gasteiger partial charge >= 0.3 is 0 Å². The van der Waals surface area contributed by atoms with E-state index >= 15 is 0 Å². The maximum atomic E-state index is 9.50. The van der Waals surface area contributed by atoms with Crippen LogP contribution in [0.3, 0.4) is 0 Å². The predicted octanol–water partition coefficient (Wildman–Crippen LogP) is 2.85. The second-order valence-corrected chi connectivity index (χ2v) is 5.00. The molecular weight excluding hydrogens is 285 g/mol. The van der Waals surface area contributed by atoms with E-state index in [9.17, 15) is 5.11 Å². The molecule has 0 bridgehead atoms. The molecule has 0 saturated heterocycles. The van der Waals surface area contributed by atoms with Crippen molar-refractivity contribution in [3.05, 3.63) is 41.2 Å². The molecule has 1 unspecified atom stereocenters. The Bertz CT molecular complexity index is 557. The van der Waals surface area contributed by atoms with E-state index in [1.165, 1.54) is 0 Å². The first kappa shape index (κ1) is 14.2. The van der Waals surface area contributed by atoms with Crippen LogP contribution in [0.4, 0.5) is 5.69 Å². The minimum atomic E-state index is -0.604. The third-order valence-corrected chi connectivity index (χ3v) is 3.30. The van der Waals surface area contributed by atoms with Gasteiger partial charge in [-0.2, -0.15) is 5.10 Å². The lowest BCUT2D eigenvalue weighted by molar-refractivity contribution is 0.211. The fraction of sp³-hybridized carbons (Fsp3) is 0.308. The predicted molar refractivity (Wildman–Crippen MR) is 78.5 cm³/mol. The van der Waals surface area contributed by atoms with Crippen LogP contribution >= 0.6 is 23.2 Å². The monoisotopic (exact) mass is 299 g/mol. The Morgan fingerprint density at radius 1 is 1.47 bits per heavy atom. The van der Waals surface area contributed by atoms with Crippen molar-refractivity contribution in [2.75, 3.05) is 17.7 Å². The number of para-hydroxylation sites is 1. The number of hydrogen-bond acceptors (Lipinski definition) is 3. The third kappa shape index (κ3) is 3.41. The van der Waals surface area contributed by atoms with E-state index in [2.05, 4.69) is 10.4 Å². The van der Waals surface area contributed by atoms with Gasteiger partial charge < -0.3 is 10.4 Å². The Morgan fingerprint density at radius 3 is 2.89 bits per heavy atom. The zero-order valence-electron chi connectivity index (χ0n) is 10.5. The number of nitrogens with zero attached hydrogens (tertiary/aromatic N) is 2. The van der Waals surface area contributed by atoms with Gasteiger partial charge in [-0.3, -0.25) is 0 Å². The number of aliphatic hydroxyl groups excluding tert-OH is 1. The number of aromatic nitrogens is 2. The number of rotatable bonds is 5. The summed E-state index contributed by atoms with van der Waals surface area (Å²) in [6.07, 6.45) is 3.05. The molecule has 19 heavy (non-hydrogen) atoms. The van der Waals surface area contributed by atoms with Crippen LogP contribution in [0, 0.1) is 6.92 Å². The standard InChI is InChI=1S/C13H15Cl2N3O/c1-9-6-17-18(8-9)13-11(15)3-2-4-12(13)16-7-10(19)5-14/h2-4,6,8,10,16,19H,5,7H2,1H3. The molecule has 0 radical (unpaired) electrons. The van der Waals surface area contributed by atoms with Crippen LogP contribution in [0.25, 0.3) is 5.69 Å². The molecule has 1 atom stereocenters. The summed E-state index contributed by atoms with van der Waals surface area (Å²) in [5, 5.41) is 17.5. The molecule has 4 nitrogen and oxygen atoms in total. The fourth-order valence-corrected chi connectivity index (χ4v) is 2.08. The summed E-state index contributed by atoms with van der Waals surface area (Å²) in [6.45, 7) is 2.32. The molecule has 0 aliphatic heterocycles. The lowest BCUT2D eigenvalue weighted by Crippen LogP contribution is -2.21. The molecule has 2 N–H and O–H groups in total. The van der Waals surface area contributed by atoms with Crippen molar-refractivity contribution in [2.45, 2.75) is 13.0 Å². The van der Waals surface area contributed by atoms with Crippen molar-refractivity contribution < 1.29 is 5.11 Å². The molecule has 2 aromatic rings. The van der Waals surface area contributed by atoms with Crippen LogP contribution in [0.5, 0.6) is 0 Å². The lowest BCUT2D eigenvalue weighted by Gasteiger charge is -2.15. The summed E-state index contributed by atoms with van der Waals surface area (Å²) in [5.41, 5.74) is 2.62. The zero-order valence-corrected chi connectivity index (χ0v) is 12.0. The average molecular weight is 300 g/mol. The summed E-state index contributed by atoms with van der Waals surface area (Å²) in [7, 11) is 0. The highest BCUT2D eigenvalue weighted by atomic mass is 35.5.